The molecule has 0 saturated carbocycles. The number of carbonyl (C=O) groups excluding carboxylic acids is 1. The van der Waals surface area contributed by atoms with Crippen molar-refractivity contribution in [3.63, 3.8) is 0 Å². The van der Waals surface area contributed by atoms with Gasteiger partial charge >= 0.3 is 0 Å². The van der Waals surface area contributed by atoms with Crippen molar-refractivity contribution in [3.05, 3.63) is 58.3 Å². The van der Waals surface area contributed by atoms with Crippen LogP contribution in [0.3, 0.4) is 0 Å². The summed E-state index contributed by atoms with van der Waals surface area (Å²) < 4.78 is 12.0. The van der Waals surface area contributed by atoms with E-state index in [0.29, 0.717) is 42.8 Å². The third-order valence-electron chi connectivity index (χ3n) is 4.13. The van der Waals surface area contributed by atoms with E-state index in [2.05, 4.69) is 4.98 Å². The molecule has 0 radical (unpaired) electrons. The van der Waals surface area contributed by atoms with Crippen molar-refractivity contribution in [2.45, 2.75) is 10.1 Å². The number of morpholine rings is 1. The Bertz CT molecular complexity index is 917. The third-order valence-corrected chi connectivity index (χ3v) is 6.43. The normalized spacial score (nSPS) is 14.5. The summed E-state index contributed by atoms with van der Waals surface area (Å²) in [5.41, 5.74) is 1.97. The lowest BCUT2D eigenvalue weighted by molar-refractivity contribution is 0.0282. The molecule has 27 heavy (non-hydrogen) atoms. The lowest BCUT2D eigenvalue weighted by Gasteiger charge is -2.25. The number of halogens is 1. The SMILES string of the molecule is O=C(c1ccc(CSc2nc(-c3ccc(Cl)cc3)cs2)o1)N1CCOCC1. The maximum absolute atomic E-state index is 12.4. The lowest BCUT2D eigenvalue weighted by Crippen LogP contribution is -2.40. The number of benzene rings is 1. The standard InChI is InChI=1S/C19H17ClN2O3S2/c20-14-3-1-13(2-4-14)16-12-27-19(21-16)26-11-15-5-6-17(25-15)18(23)22-7-9-24-10-8-22/h1-6,12H,7-11H2. The Hall–Kier alpha value is -1.80. The number of thioether (sulfide) groups is 1. The molecule has 8 heteroatoms. The quantitative estimate of drug-likeness (QED) is 0.554. The summed E-state index contributed by atoms with van der Waals surface area (Å²) in [6, 6.07) is 11.2. The van der Waals surface area contributed by atoms with E-state index in [9.17, 15) is 4.79 Å². The van der Waals surface area contributed by atoms with Gasteiger partial charge in [-0.05, 0) is 24.3 Å². The summed E-state index contributed by atoms with van der Waals surface area (Å²) >= 11 is 9.12. The van der Waals surface area contributed by atoms with Crippen LogP contribution in [-0.4, -0.2) is 42.1 Å². The first-order valence-electron chi connectivity index (χ1n) is 8.49. The first-order chi connectivity index (χ1) is 13.2. The van der Waals surface area contributed by atoms with Crippen LogP contribution in [0.2, 0.25) is 5.02 Å². The Morgan fingerprint density at radius 1 is 1.19 bits per heavy atom. The van der Waals surface area contributed by atoms with Crippen LogP contribution < -0.4 is 0 Å². The van der Waals surface area contributed by atoms with Crippen LogP contribution in [0.1, 0.15) is 16.3 Å². The number of furan rings is 1. The summed E-state index contributed by atoms with van der Waals surface area (Å²) in [6.07, 6.45) is 0. The van der Waals surface area contributed by atoms with Crippen molar-refractivity contribution in [2.75, 3.05) is 26.3 Å². The van der Waals surface area contributed by atoms with Crippen molar-refractivity contribution < 1.29 is 13.9 Å². The highest BCUT2D eigenvalue weighted by Crippen LogP contribution is 2.31. The molecule has 1 amide bonds. The van der Waals surface area contributed by atoms with Gasteiger partial charge < -0.3 is 14.1 Å². The molecule has 3 aromatic rings. The molecule has 0 atom stereocenters. The van der Waals surface area contributed by atoms with Gasteiger partial charge in [0.25, 0.3) is 5.91 Å². The van der Waals surface area contributed by atoms with E-state index in [1.165, 1.54) is 0 Å². The fourth-order valence-corrected chi connectivity index (χ4v) is 4.56. The van der Waals surface area contributed by atoms with Crippen molar-refractivity contribution >= 4 is 40.6 Å². The highest BCUT2D eigenvalue weighted by atomic mass is 35.5. The highest BCUT2D eigenvalue weighted by molar-refractivity contribution is 8.00. The number of amides is 1. The van der Waals surface area contributed by atoms with Crippen LogP contribution in [0.15, 0.2) is 50.5 Å². The molecule has 1 aliphatic rings. The zero-order valence-corrected chi connectivity index (χ0v) is 16.8. The van der Waals surface area contributed by atoms with E-state index < -0.39 is 0 Å². The summed E-state index contributed by atoms with van der Waals surface area (Å²) in [6.45, 7) is 2.37. The van der Waals surface area contributed by atoms with Crippen LogP contribution in [0.5, 0.6) is 0 Å². The molecular weight excluding hydrogens is 404 g/mol. The van der Waals surface area contributed by atoms with Crippen LogP contribution in [0, 0.1) is 0 Å². The van der Waals surface area contributed by atoms with E-state index in [-0.39, 0.29) is 5.91 Å². The highest BCUT2D eigenvalue weighted by Gasteiger charge is 2.21. The largest absolute Gasteiger partial charge is 0.455 e. The van der Waals surface area contributed by atoms with Crippen molar-refractivity contribution in [1.82, 2.24) is 9.88 Å². The van der Waals surface area contributed by atoms with Gasteiger partial charge in [0.05, 0.1) is 24.7 Å². The van der Waals surface area contributed by atoms with Crippen molar-refractivity contribution in [3.8, 4) is 11.3 Å². The van der Waals surface area contributed by atoms with Gasteiger partial charge in [-0.2, -0.15) is 0 Å². The molecule has 5 nitrogen and oxygen atoms in total. The summed E-state index contributed by atoms with van der Waals surface area (Å²) in [5.74, 6) is 1.70. The average molecular weight is 421 g/mol. The Morgan fingerprint density at radius 3 is 2.74 bits per heavy atom. The van der Waals surface area contributed by atoms with E-state index in [4.69, 9.17) is 20.8 Å². The zero-order chi connectivity index (χ0) is 18.6. The number of ether oxygens (including phenoxy) is 1. The zero-order valence-electron chi connectivity index (χ0n) is 14.4. The molecule has 4 rings (SSSR count). The first kappa shape index (κ1) is 18.6. The monoisotopic (exact) mass is 420 g/mol. The number of rotatable bonds is 5. The summed E-state index contributed by atoms with van der Waals surface area (Å²) in [7, 11) is 0. The fourth-order valence-electron chi connectivity index (χ4n) is 2.70. The van der Waals surface area contributed by atoms with Crippen LogP contribution in [0.4, 0.5) is 0 Å². The minimum Gasteiger partial charge on any atom is -0.455 e. The summed E-state index contributed by atoms with van der Waals surface area (Å²) in [5, 5.41) is 2.74. The number of hydrogen-bond acceptors (Lipinski definition) is 6. The maximum Gasteiger partial charge on any atom is 0.289 e. The predicted octanol–water partition coefficient (Wildman–Crippen LogP) is 4.82. The molecule has 0 bridgehead atoms. The number of hydrogen-bond donors (Lipinski definition) is 0. The number of nitrogens with zero attached hydrogens (tertiary/aromatic N) is 2. The number of carbonyl (C=O) groups is 1. The Balaban J connectivity index is 1.36. The molecule has 3 heterocycles. The van der Waals surface area contributed by atoms with Gasteiger partial charge in [-0.3, -0.25) is 4.79 Å². The molecule has 1 aliphatic heterocycles. The number of thiazole rings is 1. The van der Waals surface area contributed by atoms with E-state index in [0.717, 1.165) is 21.4 Å². The molecule has 1 saturated heterocycles. The second kappa shape index (κ2) is 8.48. The molecule has 0 unspecified atom stereocenters. The molecule has 140 valence electrons. The minimum atomic E-state index is -0.0752. The smallest absolute Gasteiger partial charge is 0.289 e. The Morgan fingerprint density at radius 2 is 1.96 bits per heavy atom. The van der Waals surface area contributed by atoms with Crippen LogP contribution in [0.25, 0.3) is 11.3 Å². The maximum atomic E-state index is 12.4. The molecule has 0 N–H and O–H groups in total. The molecule has 2 aromatic heterocycles. The Labute approximate surface area is 170 Å². The second-order valence-corrected chi connectivity index (χ2v) is 8.48. The van der Waals surface area contributed by atoms with Gasteiger partial charge in [0.1, 0.15) is 5.76 Å². The molecule has 0 spiro atoms. The first-order valence-corrected chi connectivity index (χ1v) is 10.7. The topological polar surface area (TPSA) is 55.6 Å². The van der Waals surface area contributed by atoms with E-state index in [1.807, 2.05) is 35.7 Å². The van der Waals surface area contributed by atoms with Crippen molar-refractivity contribution in [1.29, 1.82) is 0 Å². The predicted molar refractivity (Wildman–Crippen MR) is 108 cm³/mol. The van der Waals surface area contributed by atoms with Gasteiger partial charge in [-0.15, -0.1) is 11.3 Å². The molecule has 1 aromatic carbocycles. The molecular formula is C19H17ClN2O3S2. The third kappa shape index (κ3) is 4.55. The molecule has 1 fully saturated rings. The van der Waals surface area contributed by atoms with Gasteiger partial charge in [0.15, 0.2) is 10.1 Å². The lowest BCUT2D eigenvalue weighted by atomic mass is 10.2. The fraction of sp³-hybridized carbons (Fsp3) is 0.263. The number of aromatic nitrogens is 1. The average Bonchev–Trinajstić information content (AvgIpc) is 3.37. The van der Waals surface area contributed by atoms with Gasteiger partial charge in [0.2, 0.25) is 0 Å². The van der Waals surface area contributed by atoms with E-state index >= 15 is 0 Å². The summed E-state index contributed by atoms with van der Waals surface area (Å²) in [4.78, 5) is 18.8. The van der Waals surface area contributed by atoms with Crippen LogP contribution in [-0.2, 0) is 10.5 Å². The van der Waals surface area contributed by atoms with Gasteiger partial charge in [0, 0.05) is 29.1 Å². The molecule has 0 aliphatic carbocycles. The minimum absolute atomic E-state index is 0.0752. The van der Waals surface area contributed by atoms with Crippen molar-refractivity contribution in [2.24, 2.45) is 0 Å². The second-order valence-electron chi connectivity index (χ2n) is 5.96. The van der Waals surface area contributed by atoms with Gasteiger partial charge in [-0.1, -0.05) is 35.5 Å². The Kier molecular flexibility index (Phi) is 5.83. The van der Waals surface area contributed by atoms with Crippen LogP contribution >= 0.6 is 34.7 Å². The van der Waals surface area contributed by atoms with Gasteiger partial charge in [-0.25, -0.2) is 4.98 Å². The van der Waals surface area contributed by atoms with E-state index in [1.54, 1.807) is 34.1 Å².